The molecule has 2 N–H and O–H groups in total. The van der Waals surface area contributed by atoms with Crippen LogP contribution in [0, 0.1) is 0 Å². The molecule has 19 heavy (non-hydrogen) atoms. The van der Waals surface area contributed by atoms with Crippen LogP contribution in [-0.4, -0.2) is 33.5 Å². The number of nitrogens with zero attached hydrogens (tertiary/aromatic N) is 4. The Morgan fingerprint density at radius 1 is 1.26 bits per heavy atom. The van der Waals surface area contributed by atoms with Crippen LogP contribution in [0.3, 0.4) is 0 Å². The van der Waals surface area contributed by atoms with Crippen molar-refractivity contribution in [3.63, 3.8) is 0 Å². The van der Waals surface area contributed by atoms with Crippen LogP contribution in [0.15, 0.2) is 36.7 Å². The number of aromatic nitrogens is 3. The fourth-order valence-corrected chi connectivity index (χ4v) is 1.71. The monoisotopic (exact) mass is 273 g/mol. The van der Waals surface area contributed by atoms with Gasteiger partial charge in [-0.05, 0) is 18.2 Å². The summed E-state index contributed by atoms with van der Waals surface area (Å²) in [5, 5.41) is 0. The van der Waals surface area contributed by atoms with E-state index in [-0.39, 0.29) is 4.99 Å². The number of nitrogens with two attached hydrogens (primary N) is 1. The molecule has 0 radical (unpaired) electrons. The third kappa shape index (κ3) is 3.69. The van der Waals surface area contributed by atoms with E-state index in [0.29, 0.717) is 11.6 Å². The van der Waals surface area contributed by atoms with E-state index in [4.69, 9.17) is 18.0 Å². The van der Waals surface area contributed by atoms with Gasteiger partial charge in [-0.2, -0.15) is 0 Å². The first kappa shape index (κ1) is 13.4. The molecule has 0 aliphatic rings. The zero-order valence-electron chi connectivity index (χ0n) is 10.7. The lowest BCUT2D eigenvalue weighted by molar-refractivity contribution is 0.820. The minimum atomic E-state index is 0.279. The maximum absolute atomic E-state index is 5.56. The lowest BCUT2D eigenvalue weighted by atomic mass is 10.2. The van der Waals surface area contributed by atoms with Gasteiger partial charge in [0.1, 0.15) is 10.7 Å². The standard InChI is InChI=1S/C13H15N5S/c1-18(9-6-10-4-2-3-7-15-10)13-16-8-5-11(17-13)12(14)19/h2-5,7-8H,6,9H2,1H3,(H2,14,19). The molecule has 0 spiro atoms. The number of hydrogen-bond donors (Lipinski definition) is 1. The van der Waals surface area contributed by atoms with Crippen LogP contribution in [0.2, 0.25) is 0 Å². The first-order valence-corrected chi connectivity index (χ1v) is 6.31. The fourth-order valence-electron chi connectivity index (χ4n) is 1.60. The highest BCUT2D eigenvalue weighted by molar-refractivity contribution is 7.80. The second kappa shape index (κ2) is 6.19. The van der Waals surface area contributed by atoms with Crippen LogP contribution in [0.1, 0.15) is 11.4 Å². The number of pyridine rings is 1. The Labute approximate surface area is 117 Å². The zero-order valence-corrected chi connectivity index (χ0v) is 11.5. The van der Waals surface area contributed by atoms with E-state index in [2.05, 4.69) is 15.0 Å². The molecule has 98 valence electrons. The molecule has 0 bridgehead atoms. The highest BCUT2D eigenvalue weighted by Gasteiger charge is 2.07. The first-order chi connectivity index (χ1) is 9.16. The second-order valence-corrected chi connectivity index (χ2v) is 4.54. The van der Waals surface area contributed by atoms with Crippen molar-refractivity contribution in [2.75, 3.05) is 18.5 Å². The van der Waals surface area contributed by atoms with Crippen LogP contribution in [0.4, 0.5) is 5.95 Å². The summed E-state index contributed by atoms with van der Waals surface area (Å²) in [5.74, 6) is 0.612. The summed E-state index contributed by atoms with van der Waals surface area (Å²) >= 11 is 4.91. The van der Waals surface area contributed by atoms with Gasteiger partial charge < -0.3 is 10.6 Å². The van der Waals surface area contributed by atoms with Gasteiger partial charge in [-0.25, -0.2) is 9.97 Å². The summed E-state index contributed by atoms with van der Waals surface area (Å²) in [6, 6.07) is 7.59. The quantitative estimate of drug-likeness (QED) is 0.825. The number of thiocarbonyl (C=S) groups is 1. The Kier molecular flexibility index (Phi) is 4.35. The van der Waals surface area contributed by atoms with Gasteiger partial charge in [-0.3, -0.25) is 4.98 Å². The van der Waals surface area contributed by atoms with Crippen LogP contribution < -0.4 is 10.6 Å². The molecular weight excluding hydrogens is 258 g/mol. The maximum atomic E-state index is 5.56. The van der Waals surface area contributed by atoms with E-state index >= 15 is 0 Å². The average molecular weight is 273 g/mol. The van der Waals surface area contributed by atoms with Crippen molar-refractivity contribution in [1.82, 2.24) is 15.0 Å². The summed E-state index contributed by atoms with van der Waals surface area (Å²) < 4.78 is 0. The van der Waals surface area contributed by atoms with Gasteiger partial charge in [-0.15, -0.1) is 0 Å². The molecule has 0 amide bonds. The molecule has 2 heterocycles. The lowest BCUT2D eigenvalue weighted by Gasteiger charge is -2.16. The summed E-state index contributed by atoms with van der Waals surface area (Å²) in [6.45, 7) is 0.776. The van der Waals surface area contributed by atoms with Gasteiger partial charge in [0.05, 0.1) is 0 Å². The smallest absolute Gasteiger partial charge is 0.225 e. The Hall–Kier alpha value is -2.08. The SMILES string of the molecule is CN(CCc1ccccn1)c1nccc(C(N)=S)n1. The van der Waals surface area contributed by atoms with Gasteiger partial charge >= 0.3 is 0 Å². The number of rotatable bonds is 5. The molecule has 0 unspecified atom stereocenters. The zero-order chi connectivity index (χ0) is 13.7. The van der Waals surface area contributed by atoms with Crippen molar-refractivity contribution in [3.8, 4) is 0 Å². The van der Waals surface area contributed by atoms with Crippen molar-refractivity contribution in [3.05, 3.63) is 48.0 Å². The van der Waals surface area contributed by atoms with Gasteiger partial charge in [0.25, 0.3) is 0 Å². The second-order valence-electron chi connectivity index (χ2n) is 4.10. The van der Waals surface area contributed by atoms with Crippen molar-refractivity contribution >= 4 is 23.2 Å². The summed E-state index contributed by atoms with van der Waals surface area (Å²) in [7, 11) is 1.93. The molecule has 0 atom stereocenters. The summed E-state index contributed by atoms with van der Waals surface area (Å²) in [6.07, 6.45) is 4.28. The molecular formula is C13H15N5S. The van der Waals surface area contributed by atoms with Crippen LogP contribution in [0.5, 0.6) is 0 Å². The summed E-state index contributed by atoms with van der Waals surface area (Å²) in [5.41, 5.74) is 7.19. The minimum absolute atomic E-state index is 0.279. The Balaban J connectivity index is 2.02. The molecule has 2 aromatic rings. The number of anilines is 1. The Morgan fingerprint density at radius 3 is 2.79 bits per heavy atom. The predicted molar refractivity (Wildman–Crippen MR) is 79.1 cm³/mol. The largest absolute Gasteiger partial charge is 0.388 e. The minimum Gasteiger partial charge on any atom is -0.388 e. The van der Waals surface area contributed by atoms with Crippen LogP contribution in [0.25, 0.3) is 0 Å². The molecule has 0 saturated heterocycles. The van der Waals surface area contributed by atoms with Crippen LogP contribution in [-0.2, 0) is 6.42 Å². The molecule has 0 fully saturated rings. The first-order valence-electron chi connectivity index (χ1n) is 5.90. The van der Waals surface area contributed by atoms with Crippen molar-refractivity contribution < 1.29 is 0 Å². The van der Waals surface area contributed by atoms with Crippen molar-refractivity contribution in [2.24, 2.45) is 5.73 Å². The van der Waals surface area contributed by atoms with Crippen molar-refractivity contribution in [1.29, 1.82) is 0 Å². The third-order valence-corrected chi connectivity index (χ3v) is 2.88. The van der Waals surface area contributed by atoms with E-state index in [9.17, 15) is 0 Å². The molecule has 0 saturated carbocycles. The molecule has 2 rings (SSSR count). The van der Waals surface area contributed by atoms with Gasteiger partial charge in [0, 0.05) is 38.1 Å². The van der Waals surface area contributed by atoms with Gasteiger partial charge in [0.15, 0.2) is 0 Å². The van der Waals surface area contributed by atoms with E-state index < -0.39 is 0 Å². The van der Waals surface area contributed by atoms with E-state index in [1.54, 1.807) is 18.5 Å². The molecule has 0 aromatic carbocycles. The topological polar surface area (TPSA) is 67.9 Å². The highest BCUT2D eigenvalue weighted by atomic mass is 32.1. The highest BCUT2D eigenvalue weighted by Crippen LogP contribution is 2.06. The summed E-state index contributed by atoms with van der Waals surface area (Å²) in [4.78, 5) is 15.0. The molecule has 0 aliphatic heterocycles. The normalized spacial score (nSPS) is 10.2. The van der Waals surface area contributed by atoms with Gasteiger partial charge in [0.2, 0.25) is 5.95 Å². The van der Waals surface area contributed by atoms with E-state index in [1.165, 1.54) is 0 Å². The molecule has 2 aromatic heterocycles. The fraction of sp³-hybridized carbons (Fsp3) is 0.231. The molecule has 6 heteroatoms. The van der Waals surface area contributed by atoms with E-state index in [0.717, 1.165) is 18.7 Å². The predicted octanol–water partition coefficient (Wildman–Crippen LogP) is 1.18. The lowest BCUT2D eigenvalue weighted by Crippen LogP contribution is -2.24. The van der Waals surface area contributed by atoms with Crippen LogP contribution >= 0.6 is 12.2 Å². The number of likely N-dealkylation sites (N-methyl/N-ethyl adjacent to an activating group) is 1. The average Bonchev–Trinajstić information content (AvgIpc) is 2.46. The van der Waals surface area contributed by atoms with Gasteiger partial charge in [-0.1, -0.05) is 18.3 Å². The molecule has 5 nitrogen and oxygen atoms in total. The Morgan fingerprint density at radius 2 is 2.11 bits per heavy atom. The third-order valence-electron chi connectivity index (χ3n) is 2.67. The van der Waals surface area contributed by atoms with E-state index in [1.807, 2.05) is 30.1 Å². The molecule has 0 aliphatic carbocycles. The number of hydrogen-bond acceptors (Lipinski definition) is 5. The Bertz CT molecular complexity index is 558. The maximum Gasteiger partial charge on any atom is 0.225 e. The van der Waals surface area contributed by atoms with Crippen molar-refractivity contribution in [2.45, 2.75) is 6.42 Å².